The van der Waals surface area contributed by atoms with Crippen LogP contribution in [-0.4, -0.2) is 127 Å². The molecule has 4 fully saturated rings. The van der Waals surface area contributed by atoms with E-state index >= 15 is 0 Å². The summed E-state index contributed by atoms with van der Waals surface area (Å²) in [6.45, 7) is 1.53. The third-order valence-electron chi connectivity index (χ3n) is 14.3. The van der Waals surface area contributed by atoms with Gasteiger partial charge in [0.25, 0.3) is 0 Å². The molecule has 0 amide bonds. The Morgan fingerprint density at radius 1 is 0.551 bits per heavy atom. The quantitative estimate of drug-likeness (QED) is 0.0885. The maximum atomic E-state index is 10.6. The van der Waals surface area contributed by atoms with Crippen LogP contribution in [0.1, 0.15) is 76.8 Å². The largest absolute Gasteiger partial charge is 0.483 e. The highest BCUT2D eigenvalue weighted by Gasteiger charge is 2.51. The van der Waals surface area contributed by atoms with Crippen LogP contribution in [-0.2, 0) is 28.9 Å². The first kappa shape index (κ1) is 48.1. The molecule has 6 aliphatic rings. The summed E-state index contributed by atoms with van der Waals surface area (Å²) in [5.74, 6) is 1.77. The molecule has 2 spiro atoms. The van der Waals surface area contributed by atoms with Crippen LogP contribution in [0.5, 0.6) is 11.5 Å². The highest BCUT2D eigenvalue weighted by molar-refractivity contribution is 6.31. The Bertz CT molecular complexity index is 2630. The second kappa shape index (κ2) is 19.6. The molecular weight excluding hydrogens is 927 g/mol. The molecular formula is C53H58Cl2N2O12. The molecule has 2 saturated carbocycles. The number of ether oxygens (including phenoxy) is 4. The molecule has 4 heterocycles. The van der Waals surface area contributed by atoms with Crippen molar-refractivity contribution in [3.8, 4) is 11.5 Å². The van der Waals surface area contributed by atoms with Crippen molar-refractivity contribution in [2.45, 2.75) is 117 Å². The molecule has 0 bridgehead atoms. The molecule has 11 rings (SSSR count). The molecule has 0 aromatic heterocycles. The van der Waals surface area contributed by atoms with Crippen LogP contribution in [0.4, 0.5) is 11.4 Å². The SMILES string of the molecule is OC[C@H]1O[C@@H](c2ccc(Cl)c(Cc3ccc4c(c3)N(Cc3ccccc3)CC3(CC3)O4)c2)[C@H](O)[C@@H](O)[C@@H]1O.OC[C@H]1O[C@@H](c2ccc(Cl)c(Cc3ccc4c(c3)NCC3(CC3)O4)c2)[C@H](O)[C@@H](O)[C@@H]1O. The van der Waals surface area contributed by atoms with Crippen LogP contribution in [0, 0.1) is 0 Å². The van der Waals surface area contributed by atoms with Gasteiger partial charge in [-0.3, -0.25) is 0 Å². The van der Waals surface area contributed by atoms with E-state index in [0.29, 0.717) is 34.0 Å². The molecule has 10 atom stereocenters. The number of benzene rings is 5. The number of fused-ring (bicyclic) bond motifs is 2. The van der Waals surface area contributed by atoms with Crippen LogP contribution >= 0.6 is 23.2 Å². The van der Waals surface area contributed by atoms with E-state index in [0.717, 1.165) is 90.4 Å². The van der Waals surface area contributed by atoms with Gasteiger partial charge >= 0.3 is 0 Å². The molecule has 69 heavy (non-hydrogen) atoms. The van der Waals surface area contributed by atoms with Crippen LogP contribution < -0.4 is 19.7 Å². The van der Waals surface area contributed by atoms with Crippen molar-refractivity contribution >= 4 is 34.6 Å². The van der Waals surface area contributed by atoms with Gasteiger partial charge in [-0.1, -0.05) is 89.9 Å². The summed E-state index contributed by atoms with van der Waals surface area (Å²) >= 11 is 13.0. The van der Waals surface area contributed by atoms with Crippen LogP contribution in [0.3, 0.4) is 0 Å². The van der Waals surface area contributed by atoms with Crippen molar-refractivity contribution in [1.29, 1.82) is 0 Å². The molecule has 5 aromatic carbocycles. The minimum absolute atomic E-state index is 0.0163. The number of halogens is 2. The monoisotopic (exact) mass is 984 g/mol. The first-order valence-corrected chi connectivity index (χ1v) is 24.3. The molecule has 0 unspecified atom stereocenters. The number of hydrogen-bond donors (Lipinski definition) is 9. The number of aliphatic hydroxyl groups excluding tert-OH is 8. The number of anilines is 2. The van der Waals surface area contributed by atoms with Crippen LogP contribution in [0.25, 0.3) is 0 Å². The molecule has 2 saturated heterocycles. The zero-order valence-electron chi connectivity index (χ0n) is 37.8. The van der Waals surface area contributed by atoms with Crippen molar-refractivity contribution in [2.75, 3.05) is 36.5 Å². The molecule has 366 valence electrons. The van der Waals surface area contributed by atoms with Gasteiger partial charge in [-0.2, -0.15) is 0 Å². The highest BCUT2D eigenvalue weighted by atomic mass is 35.5. The molecule has 4 aliphatic heterocycles. The molecule has 0 radical (unpaired) electrons. The Morgan fingerprint density at radius 2 is 1.07 bits per heavy atom. The number of rotatable bonds is 10. The fourth-order valence-electron chi connectivity index (χ4n) is 9.92. The fraction of sp³-hybridized carbons (Fsp3) is 0.434. The van der Waals surface area contributed by atoms with Crippen molar-refractivity contribution < 1.29 is 59.8 Å². The molecule has 9 N–H and O–H groups in total. The predicted octanol–water partition coefficient (Wildman–Crippen LogP) is 5.16. The van der Waals surface area contributed by atoms with Crippen LogP contribution in [0.15, 0.2) is 103 Å². The minimum Gasteiger partial charge on any atom is -0.483 e. The smallest absolute Gasteiger partial charge is 0.143 e. The third-order valence-corrected chi connectivity index (χ3v) is 15.1. The van der Waals surface area contributed by atoms with E-state index in [-0.39, 0.29) is 11.2 Å². The van der Waals surface area contributed by atoms with E-state index in [1.165, 1.54) is 5.56 Å². The Balaban J connectivity index is 0.000000164. The molecule has 14 nitrogen and oxygen atoms in total. The maximum absolute atomic E-state index is 10.6. The van der Waals surface area contributed by atoms with Crippen LogP contribution in [0.2, 0.25) is 10.0 Å². The van der Waals surface area contributed by atoms with E-state index in [2.05, 4.69) is 52.7 Å². The third kappa shape index (κ3) is 10.1. The summed E-state index contributed by atoms with van der Waals surface area (Å²) in [6, 6.07) is 33.3. The Labute approximate surface area is 410 Å². The number of hydrogen-bond acceptors (Lipinski definition) is 14. The zero-order valence-corrected chi connectivity index (χ0v) is 39.3. The summed E-state index contributed by atoms with van der Waals surface area (Å²) in [4.78, 5) is 2.40. The van der Waals surface area contributed by atoms with Gasteiger partial charge < -0.3 is 70.0 Å². The standard InChI is InChI=1S/C30H32ClNO6.C23H26ClNO6/c31-22-8-7-20(29-28(36)27(35)26(34)25(16-33)37-29)14-21(22)12-19-6-9-24-23(13-19)32(17-30(38-24)10-11-30)15-18-4-2-1-3-5-18;24-15-3-2-13(22-21(29)20(28)19(27)18(10-26)30-22)9-14(15)7-12-1-4-17-16(8-12)25-11-23(31-17)5-6-23/h1-9,13-14,25-29,33-36H,10-12,15-17H2;1-4,8-9,18-22,25-29H,5-7,10-11H2/t25-,26-,27+,28-,29+;18-,19-,20+,21-,22+/m11/s1. The average Bonchev–Trinajstić information content (AvgIpc) is 4.30. The van der Waals surface area contributed by atoms with Gasteiger partial charge in [-0.15, -0.1) is 0 Å². The normalized spacial score (nSPS) is 29.1. The summed E-state index contributed by atoms with van der Waals surface area (Å²) in [5, 5.41) is 85.1. The summed E-state index contributed by atoms with van der Waals surface area (Å²) < 4.78 is 23.9. The second-order valence-corrected chi connectivity index (χ2v) is 20.3. The van der Waals surface area contributed by atoms with Gasteiger partial charge in [0, 0.05) is 16.6 Å². The van der Waals surface area contributed by atoms with Gasteiger partial charge in [0.05, 0.1) is 37.7 Å². The van der Waals surface area contributed by atoms with Crippen molar-refractivity contribution in [2.24, 2.45) is 0 Å². The van der Waals surface area contributed by atoms with Gasteiger partial charge in [0.2, 0.25) is 0 Å². The first-order valence-electron chi connectivity index (χ1n) is 23.6. The number of aliphatic hydroxyl groups is 8. The highest BCUT2D eigenvalue weighted by Crippen LogP contribution is 2.50. The van der Waals surface area contributed by atoms with E-state index in [1.807, 2.05) is 36.4 Å². The fourth-order valence-corrected chi connectivity index (χ4v) is 10.3. The minimum atomic E-state index is -1.43. The van der Waals surface area contributed by atoms with Crippen molar-refractivity contribution in [3.05, 3.63) is 152 Å². The van der Waals surface area contributed by atoms with Gasteiger partial charge in [0.1, 0.15) is 83.7 Å². The number of nitrogens with one attached hydrogen (secondary N) is 1. The summed E-state index contributed by atoms with van der Waals surface area (Å²) in [7, 11) is 0. The Morgan fingerprint density at radius 3 is 1.61 bits per heavy atom. The second-order valence-electron chi connectivity index (χ2n) is 19.5. The van der Waals surface area contributed by atoms with Crippen molar-refractivity contribution in [1.82, 2.24) is 0 Å². The zero-order chi connectivity index (χ0) is 48.2. The molecule has 5 aromatic rings. The molecule has 16 heteroatoms. The lowest BCUT2D eigenvalue weighted by Crippen LogP contribution is -2.55. The van der Waals surface area contributed by atoms with E-state index in [4.69, 9.17) is 42.1 Å². The lowest BCUT2D eigenvalue weighted by molar-refractivity contribution is -0.231. The van der Waals surface area contributed by atoms with E-state index in [1.54, 1.807) is 24.3 Å². The number of nitrogens with zero attached hydrogens (tertiary/aromatic N) is 1. The van der Waals surface area contributed by atoms with Gasteiger partial charge in [0.15, 0.2) is 0 Å². The van der Waals surface area contributed by atoms with Crippen molar-refractivity contribution in [3.63, 3.8) is 0 Å². The Kier molecular flexibility index (Phi) is 13.7. The lowest BCUT2D eigenvalue weighted by Gasteiger charge is -2.40. The summed E-state index contributed by atoms with van der Waals surface area (Å²) in [6.07, 6.45) is -6.62. The van der Waals surface area contributed by atoms with Gasteiger partial charge in [-0.05, 0) is 114 Å². The predicted molar refractivity (Wildman–Crippen MR) is 258 cm³/mol. The van der Waals surface area contributed by atoms with Gasteiger partial charge in [-0.25, -0.2) is 0 Å². The first-order chi connectivity index (χ1) is 33.2. The average molecular weight is 986 g/mol. The lowest BCUT2D eigenvalue weighted by atomic mass is 9.90. The van der Waals surface area contributed by atoms with E-state index < -0.39 is 74.3 Å². The molecule has 2 aliphatic carbocycles. The Hall–Kier alpha value is -4.52. The van der Waals surface area contributed by atoms with E-state index in [9.17, 15) is 40.9 Å². The maximum Gasteiger partial charge on any atom is 0.143 e. The topological polar surface area (TPSA) is 214 Å². The summed E-state index contributed by atoms with van der Waals surface area (Å²) in [5.41, 5.74) is 8.20.